The van der Waals surface area contributed by atoms with Gasteiger partial charge in [-0.15, -0.1) is 24.5 Å². The Balaban J connectivity index is 1.50. The summed E-state index contributed by atoms with van der Waals surface area (Å²) in [7, 11) is 0. The number of ether oxygens (including phenoxy) is 1. The minimum absolute atomic E-state index is 0.0348. The predicted octanol–water partition coefficient (Wildman–Crippen LogP) is 4.78. The van der Waals surface area contributed by atoms with E-state index >= 15 is 0 Å². The van der Waals surface area contributed by atoms with Crippen molar-refractivity contribution in [2.24, 2.45) is 0 Å². The monoisotopic (exact) mass is 399 g/mol. The zero-order chi connectivity index (χ0) is 19.3. The molecular formula is C18H20F3N3O2S. The molecule has 1 heterocycles. The number of anilines is 2. The smallest absolute Gasteiger partial charge is 0.406 e. The van der Waals surface area contributed by atoms with Crippen molar-refractivity contribution in [3.05, 3.63) is 35.3 Å². The first-order valence-corrected chi connectivity index (χ1v) is 9.62. The summed E-state index contributed by atoms with van der Waals surface area (Å²) in [6.45, 7) is 0. The maximum atomic E-state index is 12.2. The highest BCUT2D eigenvalue weighted by molar-refractivity contribution is 7.13. The lowest BCUT2D eigenvalue weighted by molar-refractivity contribution is -0.274. The number of carbonyl (C=O) groups is 1. The molecule has 0 radical (unpaired) electrons. The Morgan fingerprint density at radius 2 is 1.89 bits per heavy atom. The van der Waals surface area contributed by atoms with E-state index in [2.05, 4.69) is 20.4 Å². The molecule has 1 aliphatic rings. The van der Waals surface area contributed by atoms with Gasteiger partial charge in [0.2, 0.25) is 5.91 Å². The molecule has 0 bridgehead atoms. The van der Waals surface area contributed by atoms with Crippen molar-refractivity contribution in [2.45, 2.75) is 50.9 Å². The topological polar surface area (TPSA) is 63.2 Å². The Morgan fingerprint density at radius 3 is 2.56 bits per heavy atom. The molecule has 27 heavy (non-hydrogen) atoms. The molecule has 1 amide bonds. The van der Waals surface area contributed by atoms with Crippen LogP contribution >= 0.6 is 11.3 Å². The van der Waals surface area contributed by atoms with Crippen molar-refractivity contribution >= 4 is 28.1 Å². The normalized spacial score (nSPS) is 15.4. The van der Waals surface area contributed by atoms with Crippen LogP contribution in [0.5, 0.6) is 5.75 Å². The van der Waals surface area contributed by atoms with Gasteiger partial charge < -0.3 is 15.4 Å². The van der Waals surface area contributed by atoms with Crippen LogP contribution in [0.1, 0.15) is 37.8 Å². The molecule has 0 aliphatic heterocycles. The SMILES string of the molecule is O=C(Cc1csc(Nc2ccc(OC(F)(F)F)cc2)n1)NC1CCCCC1. The van der Waals surface area contributed by atoms with Crippen LogP contribution in [0.2, 0.25) is 0 Å². The third-order valence-electron chi connectivity index (χ3n) is 4.20. The van der Waals surface area contributed by atoms with Crippen LogP contribution in [0.3, 0.4) is 0 Å². The molecule has 146 valence electrons. The number of amides is 1. The molecule has 1 aliphatic carbocycles. The summed E-state index contributed by atoms with van der Waals surface area (Å²) >= 11 is 1.33. The van der Waals surface area contributed by atoms with Gasteiger partial charge in [-0.3, -0.25) is 4.79 Å². The lowest BCUT2D eigenvalue weighted by Crippen LogP contribution is -2.37. The minimum Gasteiger partial charge on any atom is -0.406 e. The number of hydrogen-bond acceptors (Lipinski definition) is 5. The molecular weight excluding hydrogens is 379 g/mol. The molecule has 9 heteroatoms. The first kappa shape index (κ1) is 19.5. The van der Waals surface area contributed by atoms with Gasteiger partial charge in [0.05, 0.1) is 12.1 Å². The molecule has 0 unspecified atom stereocenters. The fourth-order valence-electron chi connectivity index (χ4n) is 3.00. The van der Waals surface area contributed by atoms with Gasteiger partial charge in [0.25, 0.3) is 0 Å². The van der Waals surface area contributed by atoms with Gasteiger partial charge in [0.15, 0.2) is 5.13 Å². The highest BCUT2D eigenvalue weighted by Crippen LogP contribution is 2.26. The average Bonchev–Trinajstić information content (AvgIpc) is 3.03. The van der Waals surface area contributed by atoms with E-state index in [-0.39, 0.29) is 24.1 Å². The zero-order valence-corrected chi connectivity index (χ0v) is 15.3. The molecule has 5 nitrogen and oxygen atoms in total. The fraction of sp³-hybridized carbons (Fsp3) is 0.444. The van der Waals surface area contributed by atoms with Crippen LogP contribution in [0.25, 0.3) is 0 Å². The maximum Gasteiger partial charge on any atom is 0.573 e. The number of halogens is 3. The number of rotatable bonds is 6. The Kier molecular flexibility index (Phi) is 6.20. The number of nitrogens with zero attached hydrogens (tertiary/aromatic N) is 1. The number of carbonyl (C=O) groups excluding carboxylic acids is 1. The summed E-state index contributed by atoms with van der Waals surface area (Å²) in [5.74, 6) is -0.320. The number of hydrogen-bond donors (Lipinski definition) is 2. The van der Waals surface area contributed by atoms with Gasteiger partial charge in [-0.25, -0.2) is 4.98 Å². The third-order valence-corrected chi connectivity index (χ3v) is 5.01. The van der Waals surface area contributed by atoms with Crippen molar-refractivity contribution in [2.75, 3.05) is 5.32 Å². The summed E-state index contributed by atoms with van der Waals surface area (Å²) in [5, 5.41) is 8.42. The second-order valence-corrected chi connectivity index (χ2v) is 7.28. The molecule has 0 saturated heterocycles. The number of aromatic nitrogens is 1. The van der Waals surface area contributed by atoms with Crippen molar-refractivity contribution in [3.63, 3.8) is 0 Å². The van der Waals surface area contributed by atoms with Crippen LogP contribution in [-0.4, -0.2) is 23.3 Å². The summed E-state index contributed by atoms with van der Waals surface area (Å²) in [5.41, 5.74) is 1.24. The first-order valence-electron chi connectivity index (χ1n) is 8.74. The first-order chi connectivity index (χ1) is 12.9. The molecule has 2 N–H and O–H groups in total. The van der Waals surface area contributed by atoms with Crippen LogP contribution in [-0.2, 0) is 11.2 Å². The Labute approximate surface area is 158 Å². The second kappa shape index (κ2) is 8.60. The second-order valence-electron chi connectivity index (χ2n) is 6.42. The van der Waals surface area contributed by atoms with Crippen molar-refractivity contribution < 1.29 is 22.7 Å². The van der Waals surface area contributed by atoms with E-state index in [1.54, 1.807) is 5.38 Å². The molecule has 0 atom stereocenters. The molecule has 3 rings (SSSR count). The van der Waals surface area contributed by atoms with Gasteiger partial charge in [-0.05, 0) is 37.1 Å². The molecule has 2 aromatic rings. The Hall–Kier alpha value is -2.29. The summed E-state index contributed by atoms with van der Waals surface area (Å²) in [6.07, 6.45) is 1.11. The molecule has 1 saturated carbocycles. The lowest BCUT2D eigenvalue weighted by Gasteiger charge is -2.22. The van der Waals surface area contributed by atoms with E-state index in [4.69, 9.17) is 0 Å². The van der Waals surface area contributed by atoms with Crippen molar-refractivity contribution in [1.82, 2.24) is 10.3 Å². The highest BCUT2D eigenvalue weighted by Gasteiger charge is 2.30. The van der Waals surface area contributed by atoms with Crippen LogP contribution in [0.4, 0.5) is 24.0 Å². The van der Waals surface area contributed by atoms with E-state index in [1.807, 2.05) is 0 Å². The van der Waals surface area contributed by atoms with Gasteiger partial charge >= 0.3 is 6.36 Å². The van der Waals surface area contributed by atoms with Gasteiger partial charge in [0.1, 0.15) is 5.75 Å². The van der Waals surface area contributed by atoms with Gasteiger partial charge in [0, 0.05) is 17.1 Å². The number of thiazole rings is 1. The molecule has 1 aromatic heterocycles. The maximum absolute atomic E-state index is 12.2. The van der Waals surface area contributed by atoms with Gasteiger partial charge in [-0.1, -0.05) is 19.3 Å². The van der Waals surface area contributed by atoms with E-state index in [0.29, 0.717) is 16.5 Å². The molecule has 0 spiro atoms. The minimum atomic E-state index is -4.71. The predicted molar refractivity (Wildman–Crippen MR) is 97.2 cm³/mol. The summed E-state index contributed by atoms with van der Waals surface area (Å²) in [4.78, 5) is 16.5. The third kappa shape index (κ3) is 6.42. The number of benzene rings is 1. The lowest BCUT2D eigenvalue weighted by atomic mass is 9.95. The zero-order valence-electron chi connectivity index (χ0n) is 14.5. The van der Waals surface area contributed by atoms with E-state index in [9.17, 15) is 18.0 Å². The quantitative estimate of drug-likeness (QED) is 0.734. The summed E-state index contributed by atoms with van der Waals surface area (Å²) in [6, 6.07) is 5.65. The summed E-state index contributed by atoms with van der Waals surface area (Å²) < 4.78 is 40.3. The van der Waals surface area contributed by atoms with Crippen LogP contribution in [0, 0.1) is 0 Å². The Bertz CT molecular complexity index is 756. The largest absolute Gasteiger partial charge is 0.573 e. The molecule has 1 aromatic carbocycles. The Morgan fingerprint density at radius 1 is 1.19 bits per heavy atom. The van der Waals surface area contributed by atoms with Crippen LogP contribution in [0.15, 0.2) is 29.6 Å². The van der Waals surface area contributed by atoms with Crippen molar-refractivity contribution in [3.8, 4) is 5.75 Å². The van der Waals surface area contributed by atoms with Crippen molar-refractivity contribution in [1.29, 1.82) is 0 Å². The van der Waals surface area contributed by atoms with Gasteiger partial charge in [-0.2, -0.15) is 0 Å². The van der Waals surface area contributed by atoms with E-state index in [0.717, 1.165) is 25.7 Å². The number of alkyl halides is 3. The molecule has 1 fully saturated rings. The average molecular weight is 399 g/mol. The van der Waals surface area contributed by atoms with E-state index in [1.165, 1.54) is 42.0 Å². The fourth-order valence-corrected chi connectivity index (χ4v) is 3.73. The number of nitrogens with one attached hydrogen (secondary N) is 2. The standard InChI is InChI=1S/C18H20F3N3O2S/c19-18(20,21)26-15-8-6-13(7-9-15)23-17-24-14(11-27-17)10-16(25)22-12-4-2-1-3-5-12/h6-9,11-12H,1-5,10H2,(H,22,25)(H,23,24). The van der Waals surface area contributed by atoms with E-state index < -0.39 is 6.36 Å². The highest BCUT2D eigenvalue weighted by atomic mass is 32.1. The van der Waals surface area contributed by atoms with Crippen LogP contribution < -0.4 is 15.4 Å².